The number of sulfonamides is 1. The van der Waals surface area contributed by atoms with E-state index in [1.165, 1.54) is 15.9 Å². The van der Waals surface area contributed by atoms with Crippen molar-refractivity contribution in [2.45, 2.75) is 133 Å². The van der Waals surface area contributed by atoms with Gasteiger partial charge < -0.3 is 14.8 Å². The van der Waals surface area contributed by atoms with Gasteiger partial charge in [0.05, 0.1) is 17.8 Å². The summed E-state index contributed by atoms with van der Waals surface area (Å²) in [6.45, 7) is 5.11. The lowest BCUT2D eigenvalue weighted by molar-refractivity contribution is -0.131. The largest absolute Gasteiger partial charge is 0.444 e. The molecule has 0 radical (unpaired) electrons. The third-order valence-electron chi connectivity index (χ3n) is 10.4. The Morgan fingerprint density at radius 2 is 1.76 bits per heavy atom. The predicted octanol–water partition coefficient (Wildman–Crippen LogP) is 4.81. The molecule has 1 aromatic rings. The molecule has 0 unspecified atom stereocenters. The first-order valence-corrected chi connectivity index (χ1v) is 18.9. The number of ether oxygens (including phenoxy) is 2. The Labute approximate surface area is 287 Å². The van der Waals surface area contributed by atoms with Crippen molar-refractivity contribution < 1.29 is 41.5 Å². The summed E-state index contributed by atoms with van der Waals surface area (Å²) in [6, 6.07) is 3.48. The van der Waals surface area contributed by atoms with Gasteiger partial charge in [-0.25, -0.2) is 22.4 Å². The third-order valence-corrected chi connectivity index (χ3v) is 12.6. The Kier molecular flexibility index (Phi) is 9.48. The SMILES string of the molecule is CC(C)(C)OC(=O)N1C[C@H](OC(=O)N2Cc3cccc(F)c3C2)C[C@H]1C(=O)N[C@]12C[C@H]1C=CCCCCCCCC1(CC1)S(=O)(=O)NC2=O. The van der Waals surface area contributed by atoms with E-state index in [4.69, 9.17) is 9.47 Å². The van der Waals surface area contributed by atoms with Crippen molar-refractivity contribution in [3.63, 3.8) is 0 Å². The minimum absolute atomic E-state index is 0.0317. The number of nitrogens with zero attached hydrogens (tertiary/aromatic N) is 2. The zero-order valence-electron chi connectivity index (χ0n) is 28.5. The molecule has 6 rings (SSSR count). The van der Waals surface area contributed by atoms with E-state index in [1.807, 2.05) is 12.2 Å². The van der Waals surface area contributed by atoms with Crippen LogP contribution in [0.25, 0.3) is 0 Å². The molecule has 4 atom stereocenters. The van der Waals surface area contributed by atoms with Gasteiger partial charge in [0.15, 0.2) is 0 Å². The highest BCUT2D eigenvalue weighted by atomic mass is 32.2. The molecule has 1 aromatic carbocycles. The second-order valence-corrected chi connectivity index (χ2v) is 17.3. The fourth-order valence-electron chi connectivity index (χ4n) is 7.28. The maximum atomic E-state index is 14.3. The van der Waals surface area contributed by atoms with Gasteiger partial charge >= 0.3 is 12.2 Å². The van der Waals surface area contributed by atoms with Crippen molar-refractivity contribution in [2.75, 3.05) is 6.54 Å². The standard InChI is InChI=1S/C35H47FN4O8S/c1-33(2,3)48-32(44)40-21-25(47-31(43)39-20-23-12-11-14-27(36)26(23)22-39)18-28(40)29(41)37-35-19-24(35)13-9-7-5-4-6-8-10-15-34(16-17-34)49(45,46)38-30(35)42/h9,11-14,24-25,28H,4-8,10,15-22H2,1-3H3,(H,37,41)(H,38,42)/t24-,25-,28+,35-/m1/s1. The monoisotopic (exact) mass is 702 g/mol. The van der Waals surface area contributed by atoms with E-state index in [9.17, 15) is 32.0 Å². The zero-order valence-corrected chi connectivity index (χ0v) is 29.3. The lowest BCUT2D eigenvalue weighted by atomic mass is 10.1. The number of likely N-dealkylation sites (tertiary alicyclic amines) is 1. The number of amides is 4. The molecule has 0 aromatic heterocycles. The van der Waals surface area contributed by atoms with Crippen molar-refractivity contribution >= 4 is 34.0 Å². The van der Waals surface area contributed by atoms with Crippen LogP contribution in [0.5, 0.6) is 0 Å². The number of rotatable bonds is 3. The molecule has 2 N–H and O–H groups in total. The lowest BCUT2D eigenvalue weighted by Gasteiger charge is -2.29. The molecular weight excluding hydrogens is 655 g/mol. The highest BCUT2D eigenvalue weighted by molar-refractivity contribution is 7.91. The molecule has 4 amide bonds. The van der Waals surface area contributed by atoms with E-state index >= 15 is 0 Å². The lowest BCUT2D eigenvalue weighted by Crippen LogP contribution is -2.57. The molecule has 2 aliphatic carbocycles. The van der Waals surface area contributed by atoms with E-state index in [1.54, 1.807) is 32.9 Å². The van der Waals surface area contributed by atoms with Crippen molar-refractivity contribution in [1.82, 2.24) is 19.8 Å². The van der Waals surface area contributed by atoms with Gasteiger partial charge in [0.25, 0.3) is 5.91 Å². The van der Waals surface area contributed by atoms with Crippen LogP contribution in [0.2, 0.25) is 0 Å². The summed E-state index contributed by atoms with van der Waals surface area (Å²) in [5, 5.41) is 2.82. The number of fused-ring (bicyclic) bond motifs is 2. The highest BCUT2D eigenvalue weighted by Crippen LogP contribution is 2.49. The Morgan fingerprint density at radius 1 is 1.02 bits per heavy atom. The summed E-state index contributed by atoms with van der Waals surface area (Å²) in [7, 11) is -4.00. The Balaban J connectivity index is 1.19. The average Bonchev–Trinajstić information content (AvgIpc) is 3.84. The van der Waals surface area contributed by atoms with E-state index in [-0.39, 0.29) is 32.5 Å². The van der Waals surface area contributed by atoms with Crippen molar-refractivity contribution in [3.05, 3.63) is 47.3 Å². The van der Waals surface area contributed by atoms with Crippen LogP contribution in [-0.2, 0) is 42.2 Å². The summed E-state index contributed by atoms with van der Waals surface area (Å²) in [5.41, 5.74) is -1.32. The van der Waals surface area contributed by atoms with Gasteiger partial charge in [-0.1, -0.05) is 50.0 Å². The van der Waals surface area contributed by atoms with Crippen LogP contribution in [-0.4, -0.2) is 76.8 Å². The maximum absolute atomic E-state index is 14.3. The van der Waals surface area contributed by atoms with Gasteiger partial charge in [0.2, 0.25) is 15.9 Å². The predicted molar refractivity (Wildman–Crippen MR) is 177 cm³/mol. The number of hydrogen-bond donors (Lipinski definition) is 2. The van der Waals surface area contributed by atoms with Crippen LogP contribution in [0, 0.1) is 11.7 Å². The molecule has 3 aliphatic heterocycles. The molecule has 14 heteroatoms. The summed E-state index contributed by atoms with van der Waals surface area (Å²) in [6.07, 6.45) is 8.57. The van der Waals surface area contributed by atoms with Gasteiger partial charge in [-0.3, -0.25) is 24.1 Å². The van der Waals surface area contributed by atoms with Gasteiger partial charge in [0.1, 0.15) is 29.1 Å². The Hall–Kier alpha value is -3.68. The summed E-state index contributed by atoms with van der Waals surface area (Å²) in [4.78, 5) is 57.0. The summed E-state index contributed by atoms with van der Waals surface area (Å²) in [5.74, 6) is -2.31. The molecule has 0 bridgehead atoms. The van der Waals surface area contributed by atoms with Crippen molar-refractivity contribution in [3.8, 4) is 0 Å². The fourth-order valence-corrected chi connectivity index (χ4v) is 8.98. The smallest absolute Gasteiger partial charge is 0.411 e. The molecular formula is C35H47FN4O8S. The molecule has 1 spiro atoms. The van der Waals surface area contributed by atoms with Crippen LogP contribution in [0.3, 0.4) is 0 Å². The first kappa shape index (κ1) is 35.2. The summed E-state index contributed by atoms with van der Waals surface area (Å²) < 4.78 is 54.0. The molecule has 12 nitrogen and oxygen atoms in total. The van der Waals surface area contributed by atoms with Gasteiger partial charge in [-0.15, -0.1) is 0 Å². The number of carbonyl (C=O) groups is 4. The third kappa shape index (κ3) is 7.44. The Morgan fingerprint density at radius 3 is 2.47 bits per heavy atom. The zero-order chi connectivity index (χ0) is 35.2. The highest BCUT2D eigenvalue weighted by Gasteiger charge is 2.63. The number of halogens is 1. The van der Waals surface area contributed by atoms with E-state index < -0.39 is 73.8 Å². The Bertz CT molecular complexity index is 1640. The number of hydrogen-bond acceptors (Lipinski definition) is 8. The number of allylic oxidation sites excluding steroid dienone is 1. The second-order valence-electron chi connectivity index (χ2n) is 15.2. The van der Waals surface area contributed by atoms with Gasteiger partial charge in [-0.2, -0.15) is 0 Å². The number of nitrogens with one attached hydrogen (secondary N) is 2. The quantitative estimate of drug-likeness (QED) is 0.426. The van der Waals surface area contributed by atoms with Crippen LogP contribution in [0.15, 0.2) is 30.4 Å². The van der Waals surface area contributed by atoms with E-state index in [0.717, 1.165) is 38.5 Å². The molecule has 5 aliphatic rings. The average molecular weight is 703 g/mol. The number of benzene rings is 1. The maximum Gasteiger partial charge on any atom is 0.411 e. The first-order valence-electron chi connectivity index (χ1n) is 17.4. The van der Waals surface area contributed by atoms with Gasteiger partial charge in [-0.05, 0) is 70.9 Å². The van der Waals surface area contributed by atoms with Crippen LogP contribution in [0.4, 0.5) is 14.0 Å². The topological polar surface area (TPSA) is 151 Å². The normalized spacial score (nSPS) is 29.1. The molecule has 49 heavy (non-hydrogen) atoms. The fraction of sp³-hybridized carbons (Fsp3) is 0.657. The van der Waals surface area contributed by atoms with Gasteiger partial charge in [0, 0.05) is 24.4 Å². The van der Waals surface area contributed by atoms with Crippen molar-refractivity contribution in [1.29, 1.82) is 0 Å². The minimum Gasteiger partial charge on any atom is -0.444 e. The van der Waals surface area contributed by atoms with Crippen LogP contribution < -0.4 is 10.0 Å². The molecule has 2 saturated carbocycles. The number of carbonyl (C=O) groups excluding carboxylic acids is 4. The summed E-state index contributed by atoms with van der Waals surface area (Å²) >= 11 is 0. The molecule has 1 saturated heterocycles. The van der Waals surface area contributed by atoms with Crippen LogP contribution in [0.1, 0.15) is 103 Å². The second kappa shape index (κ2) is 13.2. The van der Waals surface area contributed by atoms with Crippen LogP contribution >= 0.6 is 0 Å². The first-order chi connectivity index (χ1) is 23.1. The molecule has 3 heterocycles. The van der Waals surface area contributed by atoms with Crippen molar-refractivity contribution in [2.24, 2.45) is 5.92 Å². The molecule has 268 valence electrons. The molecule has 3 fully saturated rings. The van der Waals surface area contributed by atoms with E-state index in [0.29, 0.717) is 30.4 Å². The van der Waals surface area contributed by atoms with E-state index in [2.05, 4.69) is 10.0 Å². The minimum atomic E-state index is -4.00.